The third kappa shape index (κ3) is 3.41. The maximum Gasteiger partial charge on any atom is 0.162 e. The molecule has 1 heterocycles. The lowest BCUT2D eigenvalue weighted by Gasteiger charge is -2.17. The summed E-state index contributed by atoms with van der Waals surface area (Å²) in [5, 5.41) is 3.43. The second kappa shape index (κ2) is 6.80. The quantitative estimate of drug-likeness (QED) is 0.871. The van der Waals surface area contributed by atoms with Crippen LogP contribution in [0, 0.1) is 0 Å². The van der Waals surface area contributed by atoms with E-state index >= 15 is 0 Å². The van der Waals surface area contributed by atoms with Gasteiger partial charge in [0.1, 0.15) is 0 Å². The van der Waals surface area contributed by atoms with E-state index in [0.29, 0.717) is 6.61 Å². The first-order valence-corrected chi connectivity index (χ1v) is 6.72. The number of aromatic nitrogens is 1. The molecule has 4 nitrogen and oxygen atoms in total. The van der Waals surface area contributed by atoms with Gasteiger partial charge in [-0.3, -0.25) is 4.98 Å². The molecule has 0 radical (unpaired) electrons. The fraction of sp³-hybridized carbons (Fsp3) is 0.312. The van der Waals surface area contributed by atoms with Gasteiger partial charge < -0.3 is 14.8 Å². The minimum atomic E-state index is 0.173. The van der Waals surface area contributed by atoms with Gasteiger partial charge in [0.15, 0.2) is 11.5 Å². The lowest BCUT2D eigenvalue weighted by atomic mass is 10.1. The number of ether oxygens (including phenoxy) is 2. The topological polar surface area (TPSA) is 43.4 Å². The molecule has 4 heteroatoms. The summed E-state index contributed by atoms with van der Waals surface area (Å²) in [7, 11) is 1.65. The van der Waals surface area contributed by atoms with Crippen molar-refractivity contribution in [3.8, 4) is 11.5 Å². The molecule has 0 saturated heterocycles. The molecule has 0 aliphatic carbocycles. The molecule has 0 aliphatic rings. The average molecular weight is 272 g/mol. The van der Waals surface area contributed by atoms with Gasteiger partial charge in [0, 0.05) is 24.1 Å². The highest BCUT2D eigenvalue weighted by atomic mass is 16.5. The van der Waals surface area contributed by atoms with Crippen LogP contribution in [0.4, 0.5) is 5.69 Å². The molecule has 0 amide bonds. The first kappa shape index (κ1) is 14.2. The molecule has 106 valence electrons. The maximum absolute atomic E-state index is 5.51. The van der Waals surface area contributed by atoms with Crippen LogP contribution in [0.25, 0.3) is 0 Å². The molecule has 0 bridgehead atoms. The van der Waals surface area contributed by atoms with Crippen LogP contribution in [-0.4, -0.2) is 18.7 Å². The van der Waals surface area contributed by atoms with E-state index in [0.717, 1.165) is 22.7 Å². The number of benzene rings is 1. The van der Waals surface area contributed by atoms with Crippen LogP contribution in [0.5, 0.6) is 11.5 Å². The molecule has 1 aromatic carbocycles. The average Bonchev–Trinajstić information content (AvgIpc) is 2.50. The van der Waals surface area contributed by atoms with Gasteiger partial charge in [-0.05, 0) is 37.6 Å². The number of rotatable bonds is 6. The van der Waals surface area contributed by atoms with Crippen LogP contribution >= 0.6 is 0 Å². The van der Waals surface area contributed by atoms with E-state index in [-0.39, 0.29) is 6.04 Å². The number of hydrogen-bond donors (Lipinski definition) is 1. The second-order valence-corrected chi connectivity index (χ2v) is 4.45. The highest BCUT2D eigenvalue weighted by molar-refractivity contribution is 5.55. The van der Waals surface area contributed by atoms with Crippen LogP contribution in [0.15, 0.2) is 42.7 Å². The minimum absolute atomic E-state index is 0.173. The summed E-state index contributed by atoms with van der Waals surface area (Å²) in [5.41, 5.74) is 2.13. The van der Waals surface area contributed by atoms with Gasteiger partial charge in [0.2, 0.25) is 0 Å². The number of nitrogens with one attached hydrogen (secondary N) is 1. The van der Waals surface area contributed by atoms with Crippen molar-refractivity contribution in [2.45, 2.75) is 19.9 Å². The number of anilines is 1. The lowest BCUT2D eigenvalue weighted by molar-refractivity contribution is 0.311. The number of pyridine rings is 1. The SMILES string of the molecule is CCOc1ccc(NC(C)c2cccnc2)cc1OC. The maximum atomic E-state index is 5.51. The standard InChI is InChI=1S/C16H20N2O2/c1-4-20-15-8-7-14(10-16(15)19-3)18-12(2)13-6-5-9-17-11-13/h5-12,18H,4H2,1-3H3. The van der Waals surface area contributed by atoms with Crippen LogP contribution in [-0.2, 0) is 0 Å². The van der Waals surface area contributed by atoms with Crippen molar-refractivity contribution in [3.05, 3.63) is 48.3 Å². The third-order valence-corrected chi connectivity index (χ3v) is 3.03. The van der Waals surface area contributed by atoms with Gasteiger partial charge in [-0.25, -0.2) is 0 Å². The Kier molecular flexibility index (Phi) is 4.82. The zero-order chi connectivity index (χ0) is 14.4. The summed E-state index contributed by atoms with van der Waals surface area (Å²) < 4.78 is 10.9. The summed E-state index contributed by atoms with van der Waals surface area (Å²) in [6.45, 7) is 4.67. The molecule has 0 aliphatic heterocycles. The highest BCUT2D eigenvalue weighted by Gasteiger charge is 2.08. The van der Waals surface area contributed by atoms with Gasteiger partial charge in [-0.15, -0.1) is 0 Å². The molecule has 1 unspecified atom stereocenters. The summed E-state index contributed by atoms with van der Waals surface area (Å²) in [6, 6.07) is 10.0. The summed E-state index contributed by atoms with van der Waals surface area (Å²) in [4.78, 5) is 4.13. The fourth-order valence-corrected chi connectivity index (χ4v) is 2.00. The molecule has 1 aromatic heterocycles. The van der Waals surface area contributed by atoms with E-state index in [1.165, 1.54) is 0 Å². The van der Waals surface area contributed by atoms with Gasteiger partial charge >= 0.3 is 0 Å². The summed E-state index contributed by atoms with van der Waals surface area (Å²) in [5.74, 6) is 1.49. The van der Waals surface area contributed by atoms with Crippen molar-refractivity contribution in [3.63, 3.8) is 0 Å². The van der Waals surface area contributed by atoms with E-state index in [1.807, 2.05) is 37.4 Å². The van der Waals surface area contributed by atoms with Crippen LogP contribution in [0.2, 0.25) is 0 Å². The van der Waals surface area contributed by atoms with Gasteiger partial charge in [-0.2, -0.15) is 0 Å². The summed E-state index contributed by atoms with van der Waals surface area (Å²) >= 11 is 0. The molecule has 0 saturated carbocycles. The monoisotopic (exact) mass is 272 g/mol. The van der Waals surface area contributed by atoms with Gasteiger partial charge in [0.05, 0.1) is 19.8 Å². The Bertz CT molecular complexity index is 543. The van der Waals surface area contributed by atoms with Crippen LogP contribution in [0.3, 0.4) is 0 Å². The third-order valence-electron chi connectivity index (χ3n) is 3.03. The number of nitrogens with zero attached hydrogens (tertiary/aromatic N) is 1. The van der Waals surface area contributed by atoms with Crippen molar-refractivity contribution >= 4 is 5.69 Å². The Balaban J connectivity index is 2.13. The van der Waals surface area contributed by atoms with Crippen molar-refractivity contribution in [1.82, 2.24) is 4.98 Å². The normalized spacial score (nSPS) is 11.8. The number of hydrogen-bond acceptors (Lipinski definition) is 4. The highest BCUT2D eigenvalue weighted by Crippen LogP contribution is 2.31. The Morgan fingerprint density at radius 3 is 2.75 bits per heavy atom. The molecule has 2 rings (SSSR count). The predicted molar refractivity (Wildman–Crippen MR) is 80.4 cm³/mol. The Labute approximate surface area is 119 Å². The molecular weight excluding hydrogens is 252 g/mol. The van der Waals surface area contributed by atoms with Gasteiger partial charge in [-0.1, -0.05) is 6.07 Å². The molecule has 20 heavy (non-hydrogen) atoms. The fourth-order valence-electron chi connectivity index (χ4n) is 2.00. The summed E-state index contributed by atoms with van der Waals surface area (Å²) in [6.07, 6.45) is 3.64. The van der Waals surface area contributed by atoms with E-state index in [9.17, 15) is 0 Å². The molecule has 0 spiro atoms. The molecule has 2 aromatic rings. The van der Waals surface area contributed by atoms with Crippen molar-refractivity contribution in [2.75, 3.05) is 19.0 Å². The number of methoxy groups -OCH3 is 1. The lowest BCUT2D eigenvalue weighted by Crippen LogP contribution is -2.07. The Morgan fingerprint density at radius 1 is 1.25 bits per heavy atom. The smallest absolute Gasteiger partial charge is 0.162 e. The van der Waals surface area contributed by atoms with E-state index < -0.39 is 0 Å². The Morgan fingerprint density at radius 2 is 2.10 bits per heavy atom. The molecule has 1 atom stereocenters. The van der Waals surface area contributed by atoms with Crippen molar-refractivity contribution < 1.29 is 9.47 Å². The van der Waals surface area contributed by atoms with Crippen molar-refractivity contribution in [2.24, 2.45) is 0 Å². The second-order valence-electron chi connectivity index (χ2n) is 4.45. The molecule has 1 N–H and O–H groups in total. The Hall–Kier alpha value is -2.23. The van der Waals surface area contributed by atoms with E-state index in [2.05, 4.69) is 23.3 Å². The van der Waals surface area contributed by atoms with Crippen molar-refractivity contribution in [1.29, 1.82) is 0 Å². The van der Waals surface area contributed by atoms with Gasteiger partial charge in [0.25, 0.3) is 0 Å². The van der Waals surface area contributed by atoms with E-state index in [4.69, 9.17) is 9.47 Å². The minimum Gasteiger partial charge on any atom is -0.493 e. The van der Waals surface area contributed by atoms with E-state index in [1.54, 1.807) is 13.3 Å². The molecule has 0 fully saturated rings. The largest absolute Gasteiger partial charge is 0.493 e. The molecular formula is C16H20N2O2. The predicted octanol–water partition coefficient (Wildman–Crippen LogP) is 3.66. The first-order chi connectivity index (χ1) is 9.74. The zero-order valence-corrected chi connectivity index (χ0v) is 12.1. The first-order valence-electron chi connectivity index (χ1n) is 6.72. The zero-order valence-electron chi connectivity index (χ0n) is 12.1. The van der Waals surface area contributed by atoms with Crippen LogP contribution < -0.4 is 14.8 Å². The van der Waals surface area contributed by atoms with Crippen LogP contribution in [0.1, 0.15) is 25.5 Å².